The molecule has 0 fully saturated rings. The van der Waals surface area contributed by atoms with Gasteiger partial charge in [0.2, 0.25) is 5.91 Å². The van der Waals surface area contributed by atoms with Crippen LogP contribution in [0.3, 0.4) is 0 Å². The number of nitrogens with zero attached hydrogens (tertiary/aromatic N) is 2. The van der Waals surface area contributed by atoms with E-state index < -0.39 is 17.6 Å². The summed E-state index contributed by atoms with van der Waals surface area (Å²) in [6.45, 7) is 3.89. The van der Waals surface area contributed by atoms with Gasteiger partial charge in [-0.05, 0) is 25.5 Å². The minimum Gasteiger partial charge on any atom is -0.311 e. The predicted molar refractivity (Wildman–Crippen MR) is 74.1 cm³/mol. The van der Waals surface area contributed by atoms with Crippen LogP contribution in [0.2, 0.25) is 0 Å². The fourth-order valence-corrected chi connectivity index (χ4v) is 2.69. The highest BCUT2D eigenvalue weighted by atomic mass is 19.1. The van der Waals surface area contributed by atoms with Gasteiger partial charge in [0.1, 0.15) is 17.5 Å². The Hall–Kier alpha value is -2.24. The van der Waals surface area contributed by atoms with Gasteiger partial charge in [-0.3, -0.25) is 4.79 Å². The van der Waals surface area contributed by atoms with Crippen molar-refractivity contribution in [2.75, 3.05) is 5.32 Å². The van der Waals surface area contributed by atoms with Crippen LogP contribution < -0.4 is 5.32 Å². The molecule has 1 atom stereocenters. The molecule has 2 heterocycles. The monoisotopic (exact) mass is 291 g/mol. The Labute approximate surface area is 120 Å². The van der Waals surface area contributed by atoms with Crippen molar-refractivity contribution in [2.45, 2.75) is 32.2 Å². The van der Waals surface area contributed by atoms with Crippen molar-refractivity contribution >= 4 is 11.7 Å². The number of carbonyl (C=O) groups is 1. The average molecular weight is 291 g/mol. The zero-order valence-corrected chi connectivity index (χ0v) is 11.7. The Kier molecular flexibility index (Phi) is 3.23. The van der Waals surface area contributed by atoms with Crippen LogP contribution in [0.5, 0.6) is 0 Å². The summed E-state index contributed by atoms with van der Waals surface area (Å²) in [6.07, 6.45) is 1.77. The van der Waals surface area contributed by atoms with E-state index in [0.29, 0.717) is 11.4 Å². The summed E-state index contributed by atoms with van der Waals surface area (Å²) in [6, 6.07) is 3.52. The minimum absolute atomic E-state index is 0.0749. The van der Waals surface area contributed by atoms with Crippen molar-refractivity contribution < 1.29 is 13.6 Å². The normalized spacial score (nSPS) is 17.8. The SMILES string of the molecule is CC(C)n1ncc2c1NC(=O)CC2c1ccc(F)cc1F. The number of benzene rings is 1. The van der Waals surface area contributed by atoms with E-state index in [2.05, 4.69) is 10.4 Å². The minimum atomic E-state index is -0.641. The number of hydrogen-bond acceptors (Lipinski definition) is 2. The number of hydrogen-bond donors (Lipinski definition) is 1. The molecular formula is C15H15F2N3O. The molecule has 0 saturated carbocycles. The van der Waals surface area contributed by atoms with Crippen LogP contribution in [-0.4, -0.2) is 15.7 Å². The third-order valence-corrected chi connectivity index (χ3v) is 3.67. The second-order valence-corrected chi connectivity index (χ2v) is 5.46. The average Bonchev–Trinajstić information content (AvgIpc) is 2.81. The maximum Gasteiger partial charge on any atom is 0.226 e. The molecule has 1 unspecified atom stereocenters. The van der Waals surface area contributed by atoms with Crippen LogP contribution in [-0.2, 0) is 4.79 Å². The van der Waals surface area contributed by atoms with Crippen LogP contribution in [0.25, 0.3) is 0 Å². The van der Waals surface area contributed by atoms with Gasteiger partial charge in [-0.2, -0.15) is 5.10 Å². The zero-order chi connectivity index (χ0) is 15.1. The molecule has 0 bridgehead atoms. The molecule has 0 spiro atoms. The summed E-state index contributed by atoms with van der Waals surface area (Å²) in [7, 11) is 0. The van der Waals surface area contributed by atoms with E-state index in [0.717, 1.165) is 11.6 Å². The van der Waals surface area contributed by atoms with E-state index in [4.69, 9.17) is 0 Å². The summed E-state index contributed by atoms with van der Waals surface area (Å²) in [4.78, 5) is 11.9. The first kappa shape index (κ1) is 13.7. The molecule has 0 radical (unpaired) electrons. The first-order valence-corrected chi connectivity index (χ1v) is 6.79. The van der Waals surface area contributed by atoms with E-state index in [9.17, 15) is 13.6 Å². The number of amides is 1. The van der Waals surface area contributed by atoms with Gasteiger partial charge in [0.05, 0.1) is 6.20 Å². The van der Waals surface area contributed by atoms with Crippen molar-refractivity contribution in [3.05, 3.63) is 47.2 Å². The fourth-order valence-electron chi connectivity index (χ4n) is 2.69. The summed E-state index contributed by atoms with van der Waals surface area (Å²) >= 11 is 0. The number of halogens is 2. The lowest BCUT2D eigenvalue weighted by atomic mass is 9.87. The molecule has 2 aromatic rings. The van der Waals surface area contributed by atoms with E-state index >= 15 is 0 Å². The first-order chi connectivity index (χ1) is 9.97. The molecule has 1 aliphatic heterocycles. The Morgan fingerprint density at radius 3 is 2.76 bits per heavy atom. The Bertz CT molecular complexity index is 709. The number of rotatable bonds is 2. The maximum atomic E-state index is 14.0. The number of fused-ring (bicyclic) bond motifs is 1. The van der Waals surface area contributed by atoms with E-state index in [1.807, 2.05) is 13.8 Å². The molecule has 4 nitrogen and oxygen atoms in total. The Balaban J connectivity index is 2.11. The molecule has 0 saturated heterocycles. The second-order valence-electron chi connectivity index (χ2n) is 5.46. The van der Waals surface area contributed by atoms with Gasteiger partial charge in [-0.25, -0.2) is 13.5 Å². The quantitative estimate of drug-likeness (QED) is 0.923. The summed E-state index contributed by atoms with van der Waals surface area (Å²) in [5.41, 5.74) is 1.07. The van der Waals surface area contributed by atoms with E-state index in [-0.39, 0.29) is 18.4 Å². The molecule has 21 heavy (non-hydrogen) atoms. The largest absolute Gasteiger partial charge is 0.311 e. The van der Waals surface area contributed by atoms with Crippen molar-refractivity contribution in [3.63, 3.8) is 0 Å². The van der Waals surface area contributed by atoms with Gasteiger partial charge < -0.3 is 5.32 Å². The molecule has 110 valence electrons. The standard InChI is InChI=1S/C15H15F2N3O/c1-8(2)20-15-12(7-18-20)11(6-14(21)19-15)10-4-3-9(16)5-13(10)17/h3-5,7-8,11H,6H2,1-2H3,(H,19,21). The van der Waals surface area contributed by atoms with Crippen molar-refractivity contribution in [2.24, 2.45) is 0 Å². The van der Waals surface area contributed by atoms with Gasteiger partial charge in [0.15, 0.2) is 0 Å². The zero-order valence-electron chi connectivity index (χ0n) is 11.7. The number of carbonyl (C=O) groups excluding carboxylic acids is 1. The summed E-state index contributed by atoms with van der Waals surface area (Å²) < 4.78 is 28.8. The van der Waals surface area contributed by atoms with Crippen LogP contribution >= 0.6 is 0 Å². The summed E-state index contributed by atoms with van der Waals surface area (Å²) in [5.74, 6) is -1.32. The van der Waals surface area contributed by atoms with Crippen LogP contribution in [0.4, 0.5) is 14.6 Å². The van der Waals surface area contributed by atoms with Crippen molar-refractivity contribution in [1.82, 2.24) is 9.78 Å². The third-order valence-electron chi connectivity index (χ3n) is 3.67. The number of nitrogens with one attached hydrogen (secondary N) is 1. The molecule has 1 aliphatic rings. The van der Waals surface area contributed by atoms with Crippen molar-refractivity contribution in [1.29, 1.82) is 0 Å². The summed E-state index contributed by atoms with van der Waals surface area (Å²) in [5, 5.41) is 7.05. The van der Waals surface area contributed by atoms with Gasteiger partial charge in [-0.1, -0.05) is 6.07 Å². The first-order valence-electron chi connectivity index (χ1n) is 6.79. The molecule has 6 heteroatoms. The molecule has 1 N–H and O–H groups in total. The van der Waals surface area contributed by atoms with Crippen molar-refractivity contribution in [3.8, 4) is 0 Å². The molecular weight excluding hydrogens is 276 g/mol. The Morgan fingerprint density at radius 1 is 1.33 bits per heavy atom. The topological polar surface area (TPSA) is 46.9 Å². The molecule has 0 aliphatic carbocycles. The maximum absolute atomic E-state index is 14.0. The molecule has 1 aromatic carbocycles. The lowest BCUT2D eigenvalue weighted by Crippen LogP contribution is -2.25. The highest BCUT2D eigenvalue weighted by Gasteiger charge is 2.32. The second kappa shape index (κ2) is 4.95. The highest BCUT2D eigenvalue weighted by molar-refractivity contribution is 5.94. The van der Waals surface area contributed by atoms with Crippen LogP contribution in [0, 0.1) is 11.6 Å². The lowest BCUT2D eigenvalue weighted by Gasteiger charge is -2.24. The predicted octanol–water partition coefficient (Wildman–Crippen LogP) is 3.22. The van der Waals surface area contributed by atoms with Gasteiger partial charge in [-0.15, -0.1) is 0 Å². The van der Waals surface area contributed by atoms with Gasteiger partial charge >= 0.3 is 0 Å². The third kappa shape index (κ3) is 2.30. The van der Waals surface area contributed by atoms with Crippen LogP contribution in [0.1, 0.15) is 43.4 Å². The fraction of sp³-hybridized carbons (Fsp3) is 0.333. The lowest BCUT2D eigenvalue weighted by molar-refractivity contribution is -0.116. The Morgan fingerprint density at radius 2 is 2.10 bits per heavy atom. The highest BCUT2D eigenvalue weighted by Crippen LogP contribution is 2.38. The molecule has 1 aromatic heterocycles. The van der Waals surface area contributed by atoms with E-state index in [1.165, 1.54) is 12.1 Å². The number of aromatic nitrogens is 2. The van der Waals surface area contributed by atoms with Gasteiger partial charge in [0.25, 0.3) is 0 Å². The van der Waals surface area contributed by atoms with E-state index in [1.54, 1.807) is 10.9 Å². The van der Waals surface area contributed by atoms with Crippen LogP contribution in [0.15, 0.2) is 24.4 Å². The smallest absolute Gasteiger partial charge is 0.226 e. The number of anilines is 1. The molecule has 3 rings (SSSR count). The van der Waals surface area contributed by atoms with Gasteiger partial charge in [0, 0.05) is 30.0 Å². The molecule has 1 amide bonds.